The van der Waals surface area contributed by atoms with Crippen molar-refractivity contribution in [3.05, 3.63) is 36.0 Å². The molecule has 0 bridgehead atoms. The fourth-order valence-electron chi connectivity index (χ4n) is 2.21. The maximum atomic E-state index is 11.9. The number of likely N-dealkylation sites (N-methyl/N-ethyl adjacent to an activating group) is 1. The summed E-state index contributed by atoms with van der Waals surface area (Å²) in [6, 6.07) is 8.24. The third-order valence-electron chi connectivity index (χ3n) is 3.16. The molecule has 1 aromatic carbocycles. The standard InChI is InChI=1S/C15H21N3O/c1-16(2)9-12-10-18(11-15(19)17(3)4)14-8-6-5-7-13(12)14/h5-8,10H,9,11H2,1-4H3. The van der Waals surface area contributed by atoms with Crippen molar-refractivity contribution in [1.82, 2.24) is 14.4 Å². The van der Waals surface area contributed by atoms with E-state index in [1.54, 1.807) is 19.0 Å². The fraction of sp³-hybridized carbons (Fsp3) is 0.400. The maximum Gasteiger partial charge on any atom is 0.241 e. The van der Waals surface area contributed by atoms with E-state index < -0.39 is 0 Å². The van der Waals surface area contributed by atoms with E-state index in [4.69, 9.17) is 0 Å². The molecule has 2 rings (SSSR count). The zero-order valence-corrected chi connectivity index (χ0v) is 12.1. The zero-order chi connectivity index (χ0) is 14.0. The molecule has 1 heterocycles. The van der Waals surface area contributed by atoms with Crippen LogP contribution < -0.4 is 0 Å². The first-order valence-corrected chi connectivity index (χ1v) is 6.40. The molecule has 1 aromatic heterocycles. The molecule has 0 N–H and O–H groups in total. The fourth-order valence-corrected chi connectivity index (χ4v) is 2.21. The molecule has 2 aromatic rings. The van der Waals surface area contributed by atoms with Gasteiger partial charge in [-0.15, -0.1) is 0 Å². The van der Waals surface area contributed by atoms with Crippen LogP contribution in [0.2, 0.25) is 0 Å². The van der Waals surface area contributed by atoms with Crippen LogP contribution in [0.1, 0.15) is 5.56 Å². The molecule has 4 heteroatoms. The van der Waals surface area contributed by atoms with Crippen molar-refractivity contribution in [2.75, 3.05) is 28.2 Å². The highest BCUT2D eigenvalue weighted by Crippen LogP contribution is 2.22. The number of nitrogens with zero attached hydrogens (tertiary/aromatic N) is 3. The number of aromatic nitrogens is 1. The van der Waals surface area contributed by atoms with E-state index in [0.29, 0.717) is 6.54 Å². The van der Waals surface area contributed by atoms with Gasteiger partial charge in [-0.1, -0.05) is 18.2 Å². The summed E-state index contributed by atoms with van der Waals surface area (Å²) in [5.41, 5.74) is 2.38. The Morgan fingerprint density at radius 1 is 1.16 bits per heavy atom. The first kappa shape index (κ1) is 13.6. The smallest absolute Gasteiger partial charge is 0.241 e. The number of hydrogen-bond donors (Lipinski definition) is 0. The Bertz CT molecular complexity index is 584. The highest BCUT2D eigenvalue weighted by atomic mass is 16.2. The normalized spacial score (nSPS) is 11.2. The first-order valence-electron chi connectivity index (χ1n) is 6.40. The highest BCUT2D eigenvalue weighted by Gasteiger charge is 2.12. The number of carbonyl (C=O) groups is 1. The van der Waals surface area contributed by atoms with E-state index in [9.17, 15) is 4.79 Å². The number of carbonyl (C=O) groups excluding carboxylic acids is 1. The van der Waals surface area contributed by atoms with Gasteiger partial charge in [0.15, 0.2) is 0 Å². The molecule has 0 saturated heterocycles. The number of hydrogen-bond acceptors (Lipinski definition) is 2. The number of amides is 1. The molecule has 102 valence electrons. The van der Waals surface area contributed by atoms with Crippen LogP contribution in [0.25, 0.3) is 10.9 Å². The van der Waals surface area contributed by atoms with Gasteiger partial charge in [-0.25, -0.2) is 0 Å². The average molecular weight is 259 g/mol. The van der Waals surface area contributed by atoms with E-state index in [2.05, 4.69) is 37.3 Å². The molecular weight excluding hydrogens is 238 g/mol. The highest BCUT2D eigenvalue weighted by molar-refractivity contribution is 5.86. The van der Waals surface area contributed by atoms with Gasteiger partial charge >= 0.3 is 0 Å². The van der Waals surface area contributed by atoms with Crippen LogP contribution in [-0.2, 0) is 17.9 Å². The molecule has 0 atom stereocenters. The lowest BCUT2D eigenvalue weighted by molar-refractivity contribution is -0.129. The molecule has 0 spiro atoms. The summed E-state index contributed by atoms with van der Waals surface area (Å²) in [5.74, 6) is 0.108. The molecule has 0 aliphatic heterocycles. The number of benzene rings is 1. The van der Waals surface area contributed by atoms with Gasteiger partial charge in [0, 0.05) is 37.7 Å². The largest absolute Gasteiger partial charge is 0.347 e. The molecule has 0 radical (unpaired) electrons. The molecular formula is C15H21N3O. The second-order valence-corrected chi connectivity index (χ2v) is 5.33. The molecule has 0 saturated carbocycles. The first-order chi connectivity index (χ1) is 8.99. The Kier molecular flexibility index (Phi) is 3.90. The Labute approximate surface area is 114 Å². The lowest BCUT2D eigenvalue weighted by atomic mass is 10.2. The zero-order valence-electron chi connectivity index (χ0n) is 12.1. The Balaban J connectivity index is 2.41. The molecule has 4 nitrogen and oxygen atoms in total. The van der Waals surface area contributed by atoms with E-state index in [1.807, 2.05) is 16.7 Å². The number of rotatable bonds is 4. The van der Waals surface area contributed by atoms with Gasteiger partial charge < -0.3 is 14.4 Å². The third-order valence-corrected chi connectivity index (χ3v) is 3.16. The molecule has 0 aliphatic rings. The summed E-state index contributed by atoms with van der Waals surface area (Å²) >= 11 is 0. The summed E-state index contributed by atoms with van der Waals surface area (Å²) in [5, 5.41) is 1.22. The third kappa shape index (κ3) is 2.96. The van der Waals surface area contributed by atoms with Crippen LogP contribution >= 0.6 is 0 Å². The lowest BCUT2D eigenvalue weighted by Gasteiger charge is -2.11. The summed E-state index contributed by atoms with van der Waals surface area (Å²) in [6.07, 6.45) is 2.09. The lowest BCUT2D eigenvalue weighted by Crippen LogP contribution is -2.25. The van der Waals surface area contributed by atoms with Crippen molar-refractivity contribution in [3.63, 3.8) is 0 Å². The second-order valence-electron chi connectivity index (χ2n) is 5.33. The summed E-state index contributed by atoms with van der Waals surface area (Å²) in [4.78, 5) is 15.6. The predicted molar refractivity (Wildman–Crippen MR) is 78.0 cm³/mol. The molecule has 1 amide bonds. The number of para-hydroxylation sites is 1. The Hall–Kier alpha value is -1.81. The van der Waals surface area contributed by atoms with Gasteiger partial charge in [-0.3, -0.25) is 4.79 Å². The van der Waals surface area contributed by atoms with Crippen molar-refractivity contribution >= 4 is 16.8 Å². The predicted octanol–water partition coefficient (Wildman–Crippen LogP) is 1.79. The SMILES string of the molecule is CN(C)Cc1cn(CC(=O)N(C)C)c2ccccc12. The van der Waals surface area contributed by atoms with Crippen LogP contribution in [-0.4, -0.2) is 48.5 Å². The van der Waals surface area contributed by atoms with Gasteiger partial charge in [0.05, 0.1) is 0 Å². The van der Waals surface area contributed by atoms with Crippen LogP contribution in [0.15, 0.2) is 30.5 Å². The molecule has 0 unspecified atom stereocenters. The van der Waals surface area contributed by atoms with Gasteiger partial charge in [-0.2, -0.15) is 0 Å². The Morgan fingerprint density at radius 2 is 1.84 bits per heavy atom. The minimum absolute atomic E-state index is 0.108. The quantitative estimate of drug-likeness (QED) is 0.837. The summed E-state index contributed by atoms with van der Waals surface area (Å²) in [7, 11) is 7.68. The topological polar surface area (TPSA) is 28.5 Å². The molecule has 0 aliphatic carbocycles. The second kappa shape index (κ2) is 5.45. The van der Waals surface area contributed by atoms with Crippen LogP contribution in [0, 0.1) is 0 Å². The van der Waals surface area contributed by atoms with Gasteiger partial charge in [-0.05, 0) is 25.7 Å². The van der Waals surface area contributed by atoms with Gasteiger partial charge in [0.1, 0.15) is 6.54 Å². The average Bonchev–Trinajstić information content (AvgIpc) is 2.67. The van der Waals surface area contributed by atoms with E-state index >= 15 is 0 Å². The molecule has 0 fully saturated rings. The van der Waals surface area contributed by atoms with E-state index in [0.717, 1.165) is 12.1 Å². The van der Waals surface area contributed by atoms with Crippen LogP contribution in [0.3, 0.4) is 0 Å². The van der Waals surface area contributed by atoms with Crippen LogP contribution in [0.5, 0.6) is 0 Å². The minimum atomic E-state index is 0.108. The van der Waals surface area contributed by atoms with Crippen molar-refractivity contribution in [1.29, 1.82) is 0 Å². The monoisotopic (exact) mass is 259 g/mol. The van der Waals surface area contributed by atoms with E-state index in [1.165, 1.54) is 10.9 Å². The van der Waals surface area contributed by atoms with Crippen molar-refractivity contribution in [3.8, 4) is 0 Å². The maximum absolute atomic E-state index is 11.9. The van der Waals surface area contributed by atoms with Gasteiger partial charge in [0.25, 0.3) is 0 Å². The minimum Gasteiger partial charge on any atom is -0.347 e. The summed E-state index contributed by atoms with van der Waals surface area (Å²) in [6.45, 7) is 1.27. The molecule has 19 heavy (non-hydrogen) atoms. The van der Waals surface area contributed by atoms with Crippen LogP contribution in [0.4, 0.5) is 0 Å². The van der Waals surface area contributed by atoms with Crippen molar-refractivity contribution < 1.29 is 4.79 Å². The van der Waals surface area contributed by atoms with Crippen molar-refractivity contribution in [2.24, 2.45) is 0 Å². The van der Waals surface area contributed by atoms with Crippen molar-refractivity contribution in [2.45, 2.75) is 13.1 Å². The summed E-state index contributed by atoms with van der Waals surface area (Å²) < 4.78 is 2.04. The van der Waals surface area contributed by atoms with Gasteiger partial charge in [0.2, 0.25) is 5.91 Å². The number of fused-ring (bicyclic) bond motifs is 1. The van der Waals surface area contributed by atoms with E-state index in [-0.39, 0.29) is 5.91 Å². The Morgan fingerprint density at radius 3 is 2.47 bits per heavy atom.